The van der Waals surface area contributed by atoms with E-state index in [0.717, 1.165) is 11.8 Å². The van der Waals surface area contributed by atoms with Gasteiger partial charge in [0.15, 0.2) is 0 Å². The summed E-state index contributed by atoms with van der Waals surface area (Å²) in [6.07, 6.45) is 10.5. The fourth-order valence-electron chi connectivity index (χ4n) is 1.60. The van der Waals surface area contributed by atoms with Gasteiger partial charge >= 0.3 is 0 Å². The highest BCUT2D eigenvalue weighted by molar-refractivity contribution is 5.23. The lowest BCUT2D eigenvalue weighted by atomic mass is 9.89. The van der Waals surface area contributed by atoms with Gasteiger partial charge in [-0.1, -0.05) is 6.92 Å². The van der Waals surface area contributed by atoms with Gasteiger partial charge in [-0.25, -0.2) is 0 Å². The van der Waals surface area contributed by atoms with Crippen LogP contribution >= 0.6 is 0 Å². The van der Waals surface area contributed by atoms with Gasteiger partial charge in [0.2, 0.25) is 0 Å². The van der Waals surface area contributed by atoms with Gasteiger partial charge in [0.05, 0.1) is 0 Å². The summed E-state index contributed by atoms with van der Waals surface area (Å²) < 4.78 is 0. The minimum absolute atomic E-state index is 0.905. The Morgan fingerprint density at radius 3 is 2.80 bits per heavy atom. The maximum absolute atomic E-state index is 2.45. The van der Waals surface area contributed by atoms with Crippen molar-refractivity contribution in [3.05, 3.63) is 18.1 Å². The summed E-state index contributed by atoms with van der Waals surface area (Å²) in [5.74, 6) is 1.88. The zero-order valence-corrected chi connectivity index (χ0v) is 6.64. The predicted molar refractivity (Wildman–Crippen MR) is 43.5 cm³/mol. The van der Waals surface area contributed by atoms with Crippen molar-refractivity contribution >= 4 is 0 Å². The molecule has 0 bridgehead atoms. The van der Waals surface area contributed by atoms with Crippen molar-refractivity contribution in [2.24, 2.45) is 11.8 Å². The first-order chi connectivity index (χ1) is 4.86. The van der Waals surface area contributed by atoms with Crippen LogP contribution in [0.5, 0.6) is 0 Å². The molecule has 2 aliphatic rings. The van der Waals surface area contributed by atoms with E-state index in [1.54, 1.807) is 5.57 Å². The topological polar surface area (TPSA) is 0 Å². The number of hydrogen-bond acceptors (Lipinski definition) is 0. The Hall–Kier alpha value is -0.390. The molecule has 0 amide bonds. The average Bonchev–Trinajstić information content (AvgIpc) is 2.71. The molecule has 54 valence electrons. The summed E-state index contributed by atoms with van der Waals surface area (Å²) in [6.45, 7) is 2.33. The second-order valence-electron chi connectivity index (χ2n) is 3.76. The lowest BCUT2D eigenvalue weighted by molar-refractivity contribution is 0.559. The minimum atomic E-state index is 0.905. The molecule has 1 fully saturated rings. The molecule has 0 radical (unpaired) electrons. The van der Waals surface area contributed by atoms with Gasteiger partial charge < -0.3 is 0 Å². The molecule has 1 unspecified atom stereocenters. The summed E-state index contributed by atoms with van der Waals surface area (Å²) >= 11 is 0. The molecule has 0 aliphatic heterocycles. The molecule has 10 heavy (non-hydrogen) atoms. The maximum atomic E-state index is 2.45. The zero-order chi connectivity index (χ0) is 6.97. The number of rotatable bonds is 1. The molecular formula is C10H15+. The molecule has 2 aliphatic carbocycles. The summed E-state index contributed by atoms with van der Waals surface area (Å²) in [5, 5.41) is 0. The quantitative estimate of drug-likeness (QED) is 0.485. The second kappa shape index (κ2) is 2.34. The molecule has 0 heterocycles. The SMILES string of the molecule is CC1CC=C(C2CC2)[CH+]C1. The van der Waals surface area contributed by atoms with Crippen LogP contribution in [0.25, 0.3) is 0 Å². The Morgan fingerprint density at radius 1 is 1.50 bits per heavy atom. The largest absolute Gasteiger partial charge is 0.105 e. The van der Waals surface area contributed by atoms with Gasteiger partial charge in [-0.05, 0) is 18.8 Å². The Balaban J connectivity index is 1.96. The second-order valence-corrected chi connectivity index (χ2v) is 3.76. The minimum Gasteiger partial charge on any atom is -0.0584 e. The van der Waals surface area contributed by atoms with Gasteiger partial charge in [0.1, 0.15) is 5.57 Å². The monoisotopic (exact) mass is 135 g/mol. The van der Waals surface area contributed by atoms with Crippen LogP contribution in [0.1, 0.15) is 32.6 Å². The first-order valence-corrected chi connectivity index (χ1v) is 4.39. The summed E-state index contributed by atoms with van der Waals surface area (Å²) in [4.78, 5) is 0. The maximum Gasteiger partial charge on any atom is 0.105 e. The van der Waals surface area contributed by atoms with Crippen molar-refractivity contribution in [3.8, 4) is 0 Å². The van der Waals surface area contributed by atoms with E-state index >= 15 is 0 Å². The van der Waals surface area contributed by atoms with Crippen LogP contribution in [-0.2, 0) is 0 Å². The van der Waals surface area contributed by atoms with Gasteiger partial charge in [-0.3, -0.25) is 0 Å². The third-order valence-corrected chi connectivity index (χ3v) is 2.56. The van der Waals surface area contributed by atoms with Crippen molar-refractivity contribution in [3.63, 3.8) is 0 Å². The summed E-state index contributed by atoms with van der Waals surface area (Å²) in [5.41, 5.74) is 1.66. The van der Waals surface area contributed by atoms with Gasteiger partial charge in [0.25, 0.3) is 0 Å². The molecule has 0 heteroatoms. The highest BCUT2D eigenvalue weighted by Gasteiger charge is 2.33. The normalized spacial score (nSPS) is 32.9. The van der Waals surface area contributed by atoms with Crippen molar-refractivity contribution in [2.75, 3.05) is 0 Å². The predicted octanol–water partition coefficient (Wildman–Crippen LogP) is 2.96. The highest BCUT2D eigenvalue weighted by atomic mass is 14.3. The van der Waals surface area contributed by atoms with Gasteiger partial charge in [0, 0.05) is 31.3 Å². The smallest absolute Gasteiger partial charge is 0.0584 e. The first-order valence-electron chi connectivity index (χ1n) is 4.39. The van der Waals surface area contributed by atoms with Crippen LogP contribution in [0.4, 0.5) is 0 Å². The first kappa shape index (κ1) is 6.33. The van der Waals surface area contributed by atoms with Crippen molar-refractivity contribution < 1.29 is 0 Å². The zero-order valence-electron chi connectivity index (χ0n) is 6.64. The van der Waals surface area contributed by atoms with Gasteiger partial charge in [-0.15, -0.1) is 0 Å². The molecular weight excluding hydrogens is 120 g/mol. The standard InChI is InChI=1S/C10H15/c1-8-2-4-9(5-3-8)10-6-7-10/h4-5,8,10H,2-3,6-7H2,1H3/q+1. The van der Waals surface area contributed by atoms with Crippen LogP contribution in [0.2, 0.25) is 0 Å². The third-order valence-electron chi connectivity index (χ3n) is 2.56. The highest BCUT2D eigenvalue weighted by Crippen LogP contribution is 2.41. The number of allylic oxidation sites excluding steroid dienone is 2. The van der Waals surface area contributed by atoms with Crippen LogP contribution in [0, 0.1) is 18.3 Å². The molecule has 0 spiro atoms. The molecule has 0 aromatic carbocycles. The van der Waals surface area contributed by atoms with E-state index < -0.39 is 0 Å². The Kier molecular flexibility index (Phi) is 1.48. The molecule has 0 aromatic rings. The van der Waals surface area contributed by atoms with E-state index in [4.69, 9.17) is 0 Å². The van der Waals surface area contributed by atoms with Crippen LogP contribution in [0.3, 0.4) is 0 Å². The van der Waals surface area contributed by atoms with Crippen molar-refractivity contribution in [1.29, 1.82) is 0 Å². The molecule has 0 aromatic heterocycles. The van der Waals surface area contributed by atoms with E-state index in [1.165, 1.54) is 25.7 Å². The number of hydrogen-bond donors (Lipinski definition) is 0. The average molecular weight is 135 g/mol. The van der Waals surface area contributed by atoms with Crippen molar-refractivity contribution in [1.82, 2.24) is 0 Å². The summed E-state index contributed by atoms with van der Waals surface area (Å²) in [7, 11) is 0. The molecule has 1 saturated carbocycles. The van der Waals surface area contributed by atoms with Crippen LogP contribution in [0.15, 0.2) is 11.6 Å². The Morgan fingerprint density at radius 2 is 2.30 bits per heavy atom. The fourth-order valence-corrected chi connectivity index (χ4v) is 1.60. The van der Waals surface area contributed by atoms with E-state index in [-0.39, 0.29) is 0 Å². The Bertz CT molecular complexity index is 151. The lowest BCUT2D eigenvalue weighted by Crippen LogP contribution is -2.02. The Labute approximate surface area is 63.3 Å². The molecule has 0 nitrogen and oxygen atoms in total. The van der Waals surface area contributed by atoms with Crippen molar-refractivity contribution in [2.45, 2.75) is 32.6 Å². The van der Waals surface area contributed by atoms with E-state index in [2.05, 4.69) is 19.4 Å². The molecule has 0 saturated heterocycles. The van der Waals surface area contributed by atoms with Crippen LogP contribution in [-0.4, -0.2) is 0 Å². The van der Waals surface area contributed by atoms with Gasteiger partial charge in [-0.2, -0.15) is 0 Å². The van der Waals surface area contributed by atoms with E-state index in [0.29, 0.717) is 0 Å². The third kappa shape index (κ3) is 1.21. The molecule has 1 atom stereocenters. The molecule has 0 N–H and O–H groups in total. The van der Waals surface area contributed by atoms with Crippen LogP contribution < -0.4 is 0 Å². The summed E-state index contributed by atoms with van der Waals surface area (Å²) in [6, 6.07) is 0. The fraction of sp³-hybridized carbons (Fsp3) is 0.700. The lowest BCUT2D eigenvalue weighted by Gasteiger charge is -2.09. The van der Waals surface area contributed by atoms with E-state index in [9.17, 15) is 0 Å². The molecule has 2 rings (SSSR count). The van der Waals surface area contributed by atoms with E-state index in [1.807, 2.05) is 0 Å².